The molecule has 1 aliphatic heterocycles. The van der Waals surface area contributed by atoms with Gasteiger partial charge in [-0.3, -0.25) is 15.4 Å². The van der Waals surface area contributed by atoms with Crippen LogP contribution < -0.4 is 10.6 Å². The number of hydrogen-bond acceptors (Lipinski definition) is 5. The number of urea groups is 1. The van der Waals surface area contributed by atoms with E-state index in [1.807, 2.05) is 4.90 Å². The number of carbonyl (C=O) groups is 2. The Bertz CT molecular complexity index is 745. The molecule has 9 heteroatoms. The van der Waals surface area contributed by atoms with E-state index in [-0.39, 0.29) is 5.91 Å². The minimum absolute atomic E-state index is 0.0241. The lowest BCUT2D eigenvalue weighted by Gasteiger charge is -2.26. The van der Waals surface area contributed by atoms with Crippen LogP contribution in [-0.4, -0.2) is 39.9 Å². The molecule has 0 spiro atoms. The molecule has 2 N–H and O–H groups in total. The number of piperidine rings is 1. The molecule has 3 rings (SSSR count). The van der Waals surface area contributed by atoms with Crippen molar-refractivity contribution in [3.8, 4) is 0 Å². The van der Waals surface area contributed by atoms with E-state index in [0.717, 1.165) is 25.9 Å². The summed E-state index contributed by atoms with van der Waals surface area (Å²) < 4.78 is 0.685. The zero-order valence-electron chi connectivity index (χ0n) is 12.8. The van der Waals surface area contributed by atoms with E-state index in [2.05, 4.69) is 36.5 Å². The summed E-state index contributed by atoms with van der Waals surface area (Å²) in [6, 6.07) is 2.80. The number of nitrogens with zero attached hydrogens (tertiary/aromatic N) is 3. The lowest BCUT2D eigenvalue weighted by atomic mass is 10.1. The smallest absolute Gasteiger partial charge is 0.326 e. The van der Waals surface area contributed by atoms with Crippen LogP contribution in [0.5, 0.6) is 0 Å². The summed E-state index contributed by atoms with van der Waals surface area (Å²) in [4.78, 5) is 34.5. The molecule has 7 nitrogen and oxygen atoms in total. The number of rotatable bonds is 3. The molecule has 0 aliphatic carbocycles. The Morgan fingerprint density at radius 3 is 2.62 bits per heavy atom. The van der Waals surface area contributed by atoms with Crippen LogP contribution in [0.1, 0.15) is 29.6 Å². The average Bonchev–Trinajstić information content (AvgIpc) is 3.00. The monoisotopic (exact) mass is 409 g/mol. The molecule has 1 aliphatic rings. The largest absolute Gasteiger partial charge is 0.339 e. The summed E-state index contributed by atoms with van der Waals surface area (Å²) in [6.07, 6.45) is 4.76. The van der Waals surface area contributed by atoms with Gasteiger partial charge in [0, 0.05) is 30.2 Å². The van der Waals surface area contributed by atoms with E-state index in [1.165, 1.54) is 24.0 Å². The SMILES string of the molecule is O=C(Nc1cc(C(=O)N2CCCCC2)ccn1)Nc1csc(Br)n1. The van der Waals surface area contributed by atoms with Crippen molar-refractivity contribution < 1.29 is 9.59 Å². The van der Waals surface area contributed by atoms with Gasteiger partial charge in [0.15, 0.2) is 3.92 Å². The topological polar surface area (TPSA) is 87.2 Å². The minimum Gasteiger partial charge on any atom is -0.339 e. The van der Waals surface area contributed by atoms with Gasteiger partial charge in [0.25, 0.3) is 5.91 Å². The van der Waals surface area contributed by atoms with E-state index in [9.17, 15) is 9.59 Å². The highest BCUT2D eigenvalue weighted by Crippen LogP contribution is 2.19. The van der Waals surface area contributed by atoms with Gasteiger partial charge in [-0.1, -0.05) is 0 Å². The molecule has 0 unspecified atom stereocenters. The molecule has 3 amide bonds. The maximum absolute atomic E-state index is 12.5. The van der Waals surface area contributed by atoms with Gasteiger partial charge >= 0.3 is 6.03 Å². The molecule has 1 fully saturated rings. The van der Waals surface area contributed by atoms with Gasteiger partial charge in [-0.25, -0.2) is 14.8 Å². The van der Waals surface area contributed by atoms with Gasteiger partial charge < -0.3 is 4.90 Å². The first kappa shape index (κ1) is 16.8. The van der Waals surface area contributed by atoms with Gasteiger partial charge in [-0.15, -0.1) is 11.3 Å². The summed E-state index contributed by atoms with van der Waals surface area (Å²) in [6.45, 7) is 1.56. The quantitative estimate of drug-likeness (QED) is 0.810. The molecule has 0 aromatic carbocycles. The minimum atomic E-state index is -0.456. The fraction of sp³-hybridized carbons (Fsp3) is 0.333. The zero-order valence-corrected chi connectivity index (χ0v) is 15.2. The number of carbonyl (C=O) groups excluding carboxylic acids is 2. The van der Waals surface area contributed by atoms with Crippen LogP contribution in [0.15, 0.2) is 27.6 Å². The van der Waals surface area contributed by atoms with Crippen molar-refractivity contribution in [2.75, 3.05) is 23.7 Å². The summed E-state index contributed by atoms with van der Waals surface area (Å²) in [5.41, 5.74) is 0.526. The number of aromatic nitrogens is 2. The molecule has 24 heavy (non-hydrogen) atoms. The highest BCUT2D eigenvalue weighted by molar-refractivity contribution is 9.11. The molecular weight excluding hydrogens is 394 g/mol. The number of hydrogen-bond donors (Lipinski definition) is 2. The Morgan fingerprint density at radius 1 is 1.17 bits per heavy atom. The van der Waals surface area contributed by atoms with Crippen molar-refractivity contribution in [2.24, 2.45) is 0 Å². The first-order valence-corrected chi connectivity index (χ1v) is 9.23. The Balaban J connectivity index is 1.64. The van der Waals surface area contributed by atoms with Gasteiger partial charge in [0.2, 0.25) is 0 Å². The third-order valence-electron chi connectivity index (χ3n) is 3.61. The average molecular weight is 410 g/mol. The number of pyridine rings is 1. The van der Waals surface area contributed by atoms with Crippen LogP contribution >= 0.6 is 27.3 Å². The first-order chi connectivity index (χ1) is 11.6. The number of nitrogens with one attached hydrogen (secondary N) is 2. The number of amides is 3. The fourth-order valence-electron chi connectivity index (χ4n) is 2.48. The third kappa shape index (κ3) is 4.30. The van der Waals surface area contributed by atoms with Crippen molar-refractivity contribution >= 4 is 50.8 Å². The Kier molecular flexibility index (Phi) is 5.41. The highest BCUT2D eigenvalue weighted by Gasteiger charge is 2.18. The van der Waals surface area contributed by atoms with E-state index in [1.54, 1.807) is 17.5 Å². The van der Waals surface area contributed by atoms with Crippen LogP contribution in [0.25, 0.3) is 0 Å². The molecule has 0 atom stereocenters. The third-order valence-corrected chi connectivity index (χ3v) is 4.97. The van der Waals surface area contributed by atoms with E-state index in [4.69, 9.17) is 0 Å². The molecule has 2 aromatic rings. The van der Waals surface area contributed by atoms with Crippen LogP contribution in [0.4, 0.5) is 16.4 Å². The molecule has 0 saturated carbocycles. The number of anilines is 2. The van der Waals surface area contributed by atoms with Crippen LogP contribution in [0, 0.1) is 0 Å². The summed E-state index contributed by atoms with van der Waals surface area (Å²) in [5.74, 6) is 0.749. The maximum Gasteiger partial charge on any atom is 0.326 e. The predicted octanol–water partition coefficient (Wildman–Crippen LogP) is 3.57. The normalized spacial score (nSPS) is 14.3. The molecule has 2 aromatic heterocycles. The first-order valence-electron chi connectivity index (χ1n) is 7.56. The van der Waals surface area contributed by atoms with Crippen LogP contribution in [0.3, 0.4) is 0 Å². The molecule has 1 saturated heterocycles. The molecule has 0 radical (unpaired) electrons. The van der Waals surface area contributed by atoms with Gasteiger partial charge in [-0.2, -0.15) is 0 Å². The number of likely N-dealkylation sites (tertiary alicyclic amines) is 1. The Morgan fingerprint density at radius 2 is 1.92 bits per heavy atom. The Labute approximate surface area is 151 Å². The second kappa shape index (κ2) is 7.71. The zero-order chi connectivity index (χ0) is 16.9. The van der Waals surface area contributed by atoms with Gasteiger partial charge in [0.05, 0.1) is 0 Å². The lowest BCUT2D eigenvalue weighted by Crippen LogP contribution is -2.35. The van der Waals surface area contributed by atoms with E-state index in [0.29, 0.717) is 21.1 Å². The van der Waals surface area contributed by atoms with Crippen molar-refractivity contribution in [2.45, 2.75) is 19.3 Å². The van der Waals surface area contributed by atoms with Crippen molar-refractivity contribution in [1.29, 1.82) is 0 Å². The van der Waals surface area contributed by atoms with Crippen LogP contribution in [0.2, 0.25) is 0 Å². The van der Waals surface area contributed by atoms with Gasteiger partial charge in [-0.05, 0) is 47.3 Å². The van der Waals surface area contributed by atoms with Gasteiger partial charge in [0.1, 0.15) is 11.6 Å². The Hall–Kier alpha value is -2.00. The summed E-state index contributed by atoms with van der Waals surface area (Å²) in [7, 11) is 0. The molecule has 126 valence electrons. The highest BCUT2D eigenvalue weighted by atomic mass is 79.9. The van der Waals surface area contributed by atoms with Crippen molar-refractivity contribution in [3.63, 3.8) is 0 Å². The number of thiazole rings is 1. The number of halogens is 1. The fourth-order valence-corrected chi connectivity index (χ4v) is 3.43. The molecular formula is C15H16BrN5O2S. The van der Waals surface area contributed by atoms with Crippen LogP contribution in [-0.2, 0) is 0 Å². The van der Waals surface area contributed by atoms with Crippen molar-refractivity contribution in [1.82, 2.24) is 14.9 Å². The van der Waals surface area contributed by atoms with Crippen molar-refractivity contribution in [3.05, 3.63) is 33.2 Å². The maximum atomic E-state index is 12.5. The standard InChI is InChI=1S/C15H16BrN5O2S/c16-14-18-12(9-24-14)20-15(23)19-11-8-10(4-5-17-11)13(22)21-6-2-1-3-7-21/h4-5,8-9H,1-3,6-7H2,(H2,17,19,20,23). The summed E-state index contributed by atoms with van der Waals surface area (Å²) >= 11 is 4.61. The lowest BCUT2D eigenvalue weighted by molar-refractivity contribution is 0.0724. The summed E-state index contributed by atoms with van der Waals surface area (Å²) in [5, 5.41) is 6.94. The second-order valence-electron chi connectivity index (χ2n) is 5.35. The van der Waals surface area contributed by atoms with E-state index < -0.39 is 6.03 Å². The van der Waals surface area contributed by atoms with E-state index >= 15 is 0 Å². The molecule has 3 heterocycles. The second-order valence-corrected chi connectivity index (χ2v) is 7.48. The molecule has 0 bridgehead atoms. The predicted molar refractivity (Wildman–Crippen MR) is 96.4 cm³/mol.